The van der Waals surface area contributed by atoms with Gasteiger partial charge < -0.3 is 10.6 Å². The van der Waals surface area contributed by atoms with E-state index in [9.17, 15) is 0 Å². The molecule has 0 heterocycles. The van der Waals surface area contributed by atoms with Crippen LogP contribution in [0.15, 0.2) is 35.3 Å². The summed E-state index contributed by atoms with van der Waals surface area (Å²) in [5, 5.41) is 6.59. The second kappa shape index (κ2) is 7.75. The Hall–Kier alpha value is -1.51. The molecule has 0 spiro atoms. The molecule has 1 atom stereocenters. The maximum absolute atomic E-state index is 4.62. The molecule has 3 heteroatoms. The lowest BCUT2D eigenvalue weighted by Crippen LogP contribution is -2.41. The van der Waals surface area contributed by atoms with Crippen molar-refractivity contribution in [3.63, 3.8) is 0 Å². The molecule has 18 heavy (non-hydrogen) atoms. The molecule has 0 fully saturated rings. The van der Waals surface area contributed by atoms with Gasteiger partial charge in [-0.1, -0.05) is 37.3 Å². The van der Waals surface area contributed by atoms with Gasteiger partial charge in [0.1, 0.15) is 0 Å². The second-order valence-corrected chi connectivity index (χ2v) is 4.83. The molecule has 2 N–H and O–H groups in total. The molecule has 1 aromatic rings. The fourth-order valence-electron chi connectivity index (χ4n) is 1.71. The van der Waals surface area contributed by atoms with Crippen LogP contribution in [0.3, 0.4) is 0 Å². The van der Waals surface area contributed by atoms with E-state index in [2.05, 4.69) is 67.6 Å². The molecular formula is C15H25N3. The fourth-order valence-corrected chi connectivity index (χ4v) is 1.71. The number of nitrogens with one attached hydrogen (secondary N) is 2. The van der Waals surface area contributed by atoms with E-state index in [4.69, 9.17) is 0 Å². The summed E-state index contributed by atoms with van der Waals surface area (Å²) >= 11 is 0. The van der Waals surface area contributed by atoms with E-state index in [1.807, 2.05) is 6.07 Å². The van der Waals surface area contributed by atoms with Crippen molar-refractivity contribution in [1.29, 1.82) is 0 Å². The minimum absolute atomic E-state index is 0.398. The van der Waals surface area contributed by atoms with Crippen molar-refractivity contribution in [3.8, 4) is 0 Å². The Kier molecular flexibility index (Phi) is 6.26. The van der Waals surface area contributed by atoms with Crippen LogP contribution in [-0.2, 0) is 0 Å². The van der Waals surface area contributed by atoms with Crippen LogP contribution in [0.2, 0.25) is 0 Å². The molecule has 0 saturated heterocycles. The van der Waals surface area contributed by atoms with Crippen LogP contribution >= 0.6 is 0 Å². The SMILES string of the molecule is CCNC(=NCC(C)c1ccccc1)NC(C)C. The number of aliphatic imine (C=N–C) groups is 1. The molecule has 0 aliphatic rings. The molecule has 0 aliphatic carbocycles. The summed E-state index contributed by atoms with van der Waals surface area (Å²) in [5.41, 5.74) is 1.33. The summed E-state index contributed by atoms with van der Waals surface area (Å²) in [6.45, 7) is 10.2. The van der Waals surface area contributed by atoms with Gasteiger partial charge in [-0.25, -0.2) is 0 Å². The standard InChI is InChI=1S/C15H25N3/c1-5-16-15(18-12(2)3)17-11-13(4)14-9-7-6-8-10-14/h6-10,12-13H,5,11H2,1-4H3,(H2,16,17,18). The highest BCUT2D eigenvalue weighted by Gasteiger charge is 2.05. The van der Waals surface area contributed by atoms with Gasteiger partial charge in [0.05, 0.1) is 0 Å². The Balaban J connectivity index is 2.59. The third-order valence-electron chi connectivity index (χ3n) is 2.66. The van der Waals surface area contributed by atoms with Crippen molar-refractivity contribution in [1.82, 2.24) is 10.6 Å². The normalized spacial score (nSPS) is 13.5. The largest absolute Gasteiger partial charge is 0.357 e. The molecule has 3 nitrogen and oxygen atoms in total. The maximum atomic E-state index is 4.62. The molecule has 0 radical (unpaired) electrons. The van der Waals surface area contributed by atoms with Gasteiger partial charge in [0.15, 0.2) is 5.96 Å². The van der Waals surface area contributed by atoms with Crippen LogP contribution < -0.4 is 10.6 Å². The van der Waals surface area contributed by atoms with Crippen molar-refractivity contribution in [2.24, 2.45) is 4.99 Å². The molecule has 1 unspecified atom stereocenters. The quantitative estimate of drug-likeness (QED) is 0.620. The van der Waals surface area contributed by atoms with Gasteiger partial charge >= 0.3 is 0 Å². The van der Waals surface area contributed by atoms with Crippen molar-refractivity contribution in [2.45, 2.75) is 39.7 Å². The van der Waals surface area contributed by atoms with Crippen LogP contribution in [0.5, 0.6) is 0 Å². The maximum Gasteiger partial charge on any atom is 0.191 e. The van der Waals surface area contributed by atoms with E-state index in [-0.39, 0.29) is 0 Å². The summed E-state index contributed by atoms with van der Waals surface area (Å²) in [7, 11) is 0. The minimum atomic E-state index is 0.398. The van der Waals surface area contributed by atoms with Crippen molar-refractivity contribution in [3.05, 3.63) is 35.9 Å². The van der Waals surface area contributed by atoms with Crippen LogP contribution in [0.25, 0.3) is 0 Å². The number of nitrogens with zero attached hydrogens (tertiary/aromatic N) is 1. The van der Waals surface area contributed by atoms with E-state index < -0.39 is 0 Å². The molecule has 100 valence electrons. The highest BCUT2D eigenvalue weighted by atomic mass is 15.2. The monoisotopic (exact) mass is 247 g/mol. The van der Waals surface area contributed by atoms with E-state index in [1.54, 1.807) is 0 Å². The second-order valence-electron chi connectivity index (χ2n) is 4.83. The van der Waals surface area contributed by atoms with Crippen LogP contribution in [0, 0.1) is 0 Å². The van der Waals surface area contributed by atoms with Crippen molar-refractivity contribution < 1.29 is 0 Å². The molecule has 0 aromatic heterocycles. The zero-order valence-corrected chi connectivity index (χ0v) is 11.9. The van der Waals surface area contributed by atoms with E-state index in [0.29, 0.717) is 12.0 Å². The molecule has 1 aromatic carbocycles. The third kappa shape index (κ3) is 5.21. The van der Waals surface area contributed by atoms with Crippen molar-refractivity contribution in [2.75, 3.05) is 13.1 Å². The molecular weight excluding hydrogens is 222 g/mol. The highest BCUT2D eigenvalue weighted by Crippen LogP contribution is 2.14. The lowest BCUT2D eigenvalue weighted by atomic mass is 10.0. The first kappa shape index (κ1) is 14.6. The summed E-state index contributed by atoms with van der Waals surface area (Å²) in [5.74, 6) is 1.34. The Morgan fingerprint density at radius 2 is 1.83 bits per heavy atom. The first-order valence-electron chi connectivity index (χ1n) is 6.73. The molecule has 1 rings (SSSR count). The Morgan fingerprint density at radius 3 is 2.39 bits per heavy atom. The predicted molar refractivity (Wildman–Crippen MR) is 79.1 cm³/mol. The van der Waals surface area contributed by atoms with E-state index in [0.717, 1.165) is 19.0 Å². The summed E-state index contributed by atoms with van der Waals surface area (Å²) < 4.78 is 0. The zero-order valence-electron chi connectivity index (χ0n) is 11.9. The highest BCUT2D eigenvalue weighted by molar-refractivity contribution is 5.80. The summed E-state index contributed by atoms with van der Waals surface area (Å²) in [4.78, 5) is 4.62. The van der Waals surface area contributed by atoms with Gasteiger partial charge in [0, 0.05) is 25.0 Å². The smallest absolute Gasteiger partial charge is 0.191 e. The van der Waals surface area contributed by atoms with Crippen molar-refractivity contribution >= 4 is 5.96 Å². The number of benzene rings is 1. The van der Waals surface area contributed by atoms with Gasteiger partial charge in [-0.15, -0.1) is 0 Å². The number of hydrogen-bond acceptors (Lipinski definition) is 1. The first-order chi connectivity index (χ1) is 8.63. The average Bonchev–Trinajstić information content (AvgIpc) is 2.36. The zero-order chi connectivity index (χ0) is 13.4. The number of guanidine groups is 1. The molecule has 0 amide bonds. The number of hydrogen-bond donors (Lipinski definition) is 2. The Labute approximate surface area is 111 Å². The minimum Gasteiger partial charge on any atom is -0.357 e. The number of rotatable bonds is 5. The van der Waals surface area contributed by atoms with Gasteiger partial charge in [0.25, 0.3) is 0 Å². The molecule has 0 bridgehead atoms. The summed E-state index contributed by atoms with van der Waals surface area (Å²) in [6.07, 6.45) is 0. The Morgan fingerprint density at radius 1 is 1.17 bits per heavy atom. The van der Waals surface area contributed by atoms with Gasteiger partial charge in [-0.2, -0.15) is 0 Å². The van der Waals surface area contributed by atoms with Crippen LogP contribution in [0.4, 0.5) is 0 Å². The van der Waals surface area contributed by atoms with Crippen LogP contribution in [-0.4, -0.2) is 25.1 Å². The third-order valence-corrected chi connectivity index (χ3v) is 2.66. The lowest BCUT2D eigenvalue weighted by Gasteiger charge is -2.15. The fraction of sp³-hybridized carbons (Fsp3) is 0.533. The van der Waals surface area contributed by atoms with Gasteiger partial charge in [0.2, 0.25) is 0 Å². The predicted octanol–water partition coefficient (Wildman–Crippen LogP) is 2.75. The average molecular weight is 247 g/mol. The topological polar surface area (TPSA) is 36.4 Å². The summed E-state index contributed by atoms with van der Waals surface area (Å²) in [6, 6.07) is 10.9. The van der Waals surface area contributed by atoms with Gasteiger partial charge in [-0.05, 0) is 26.3 Å². The van der Waals surface area contributed by atoms with Gasteiger partial charge in [-0.3, -0.25) is 4.99 Å². The first-order valence-corrected chi connectivity index (χ1v) is 6.73. The Bertz CT molecular complexity index is 357. The molecule has 0 aliphatic heterocycles. The lowest BCUT2D eigenvalue weighted by molar-refractivity contribution is 0.690. The molecule has 0 saturated carbocycles. The van der Waals surface area contributed by atoms with E-state index >= 15 is 0 Å². The van der Waals surface area contributed by atoms with Crippen LogP contribution in [0.1, 0.15) is 39.2 Å². The van der Waals surface area contributed by atoms with E-state index in [1.165, 1.54) is 5.56 Å².